The van der Waals surface area contributed by atoms with Crippen LogP contribution in [-0.2, 0) is 22.5 Å². The van der Waals surface area contributed by atoms with E-state index in [9.17, 15) is 9.59 Å². The Morgan fingerprint density at radius 2 is 1.78 bits per heavy atom. The molecule has 2 aliphatic heterocycles. The molecule has 1 saturated heterocycles. The first kappa shape index (κ1) is 23.7. The van der Waals surface area contributed by atoms with E-state index in [4.69, 9.17) is 4.74 Å². The molecule has 3 unspecified atom stereocenters. The van der Waals surface area contributed by atoms with Crippen LogP contribution < -0.4 is 15.5 Å². The highest BCUT2D eigenvalue weighted by atomic mass is 16.5. The number of rotatable bonds is 7. The number of nitrogens with one attached hydrogen (secondary N) is 2. The second kappa shape index (κ2) is 10.4. The number of benzene rings is 3. The average molecular weight is 496 g/mol. The van der Waals surface area contributed by atoms with Crippen LogP contribution in [0.15, 0.2) is 72.8 Å². The maximum atomic E-state index is 13.4. The molecular formula is C31H33N3O3. The van der Waals surface area contributed by atoms with E-state index in [2.05, 4.69) is 51.9 Å². The van der Waals surface area contributed by atoms with E-state index < -0.39 is 0 Å². The van der Waals surface area contributed by atoms with E-state index in [0.717, 1.165) is 51.1 Å². The Bertz CT molecular complexity index is 1290. The molecule has 3 aromatic carbocycles. The van der Waals surface area contributed by atoms with Crippen molar-refractivity contribution in [1.29, 1.82) is 0 Å². The fourth-order valence-corrected chi connectivity index (χ4v) is 5.67. The Morgan fingerprint density at radius 1 is 0.973 bits per heavy atom. The number of ether oxygens (including phenoxy) is 1. The number of fused-ring (bicyclic) bond motifs is 1. The molecule has 3 atom stereocenters. The molecule has 37 heavy (non-hydrogen) atoms. The Kier molecular flexibility index (Phi) is 6.66. The molecule has 3 aliphatic rings. The van der Waals surface area contributed by atoms with E-state index in [0.29, 0.717) is 17.8 Å². The van der Waals surface area contributed by atoms with Gasteiger partial charge in [-0.25, -0.2) is 0 Å². The van der Waals surface area contributed by atoms with E-state index in [1.54, 1.807) is 0 Å². The van der Waals surface area contributed by atoms with E-state index in [1.165, 1.54) is 16.7 Å². The monoisotopic (exact) mass is 495 g/mol. The molecule has 0 spiro atoms. The molecule has 2 amide bonds. The summed E-state index contributed by atoms with van der Waals surface area (Å²) < 4.78 is 5.70. The molecule has 1 saturated carbocycles. The smallest absolute Gasteiger partial charge is 0.253 e. The van der Waals surface area contributed by atoms with Crippen molar-refractivity contribution in [1.82, 2.24) is 5.32 Å². The molecule has 2 heterocycles. The molecule has 190 valence electrons. The van der Waals surface area contributed by atoms with Crippen LogP contribution in [0.25, 0.3) is 0 Å². The first-order valence-electron chi connectivity index (χ1n) is 13.4. The standard InChI is InChI=1S/C31H33N3O3/c35-30(32-19-25-11-6-16-37-25)28-17-24(33-31(36)27-18-26(27)22-8-2-1-3-9-22)12-13-29(28)34-15-14-21-7-4-5-10-23(21)20-34/h1-5,7-10,12-13,17,25-27H,6,11,14-16,18-20H2,(H,32,35)(H,33,36). The molecule has 6 heteroatoms. The Balaban J connectivity index is 1.21. The third kappa shape index (κ3) is 5.25. The molecule has 6 nitrogen and oxygen atoms in total. The van der Waals surface area contributed by atoms with Gasteiger partial charge in [-0.1, -0.05) is 54.6 Å². The fourth-order valence-electron chi connectivity index (χ4n) is 5.67. The number of carbonyl (C=O) groups is 2. The van der Waals surface area contributed by atoms with E-state index >= 15 is 0 Å². The molecule has 3 aromatic rings. The molecule has 0 bridgehead atoms. The summed E-state index contributed by atoms with van der Waals surface area (Å²) in [7, 11) is 0. The van der Waals surface area contributed by atoms with Gasteiger partial charge in [-0.2, -0.15) is 0 Å². The zero-order chi connectivity index (χ0) is 25.2. The highest BCUT2D eigenvalue weighted by molar-refractivity contribution is 6.02. The van der Waals surface area contributed by atoms with Crippen molar-refractivity contribution in [3.8, 4) is 0 Å². The van der Waals surface area contributed by atoms with Crippen molar-refractivity contribution < 1.29 is 14.3 Å². The Hall–Kier alpha value is -3.64. The minimum atomic E-state index is -0.131. The van der Waals surface area contributed by atoms with Crippen LogP contribution in [0.2, 0.25) is 0 Å². The second-order valence-electron chi connectivity index (χ2n) is 10.4. The van der Waals surface area contributed by atoms with Gasteiger partial charge in [0.15, 0.2) is 0 Å². The summed E-state index contributed by atoms with van der Waals surface area (Å²) in [5, 5.41) is 6.16. The predicted octanol–water partition coefficient (Wildman–Crippen LogP) is 4.90. The predicted molar refractivity (Wildman–Crippen MR) is 145 cm³/mol. The maximum absolute atomic E-state index is 13.4. The Morgan fingerprint density at radius 3 is 2.59 bits per heavy atom. The summed E-state index contributed by atoms with van der Waals surface area (Å²) >= 11 is 0. The lowest BCUT2D eigenvalue weighted by atomic mass is 9.98. The summed E-state index contributed by atoms with van der Waals surface area (Å²) in [6.07, 6.45) is 3.87. The summed E-state index contributed by atoms with van der Waals surface area (Å²) in [5.74, 6) is 0.119. The molecular weight excluding hydrogens is 462 g/mol. The van der Waals surface area contributed by atoms with Crippen molar-refractivity contribution in [2.45, 2.75) is 44.2 Å². The fraction of sp³-hybridized carbons (Fsp3) is 0.355. The van der Waals surface area contributed by atoms with Gasteiger partial charge in [-0.15, -0.1) is 0 Å². The molecule has 0 radical (unpaired) electrons. The zero-order valence-corrected chi connectivity index (χ0v) is 21.0. The lowest BCUT2D eigenvalue weighted by Gasteiger charge is -2.32. The lowest BCUT2D eigenvalue weighted by Crippen LogP contribution is -2.35. The van der Waals surface area contributed by atoms with E-state index in [-0.39, 0.29) is 29.8 Å². The van der Waals surface area contributed by atoms with Gasteiger partial charge in [0, 0.05) is 43.5 Å². The first-order chi connectivity index (χ1) is 18.2. The summed E-state index contributed by atoms with van der Waals surface area (Å²) in [4.78, 5) is 28.7. The van der Waals surface area contributed by atoms with Crippen molar-refractivity contribution >= 4 is 23.2 Å². The number of hydrogen-bond acceptors (Lipinski definition) is 4. The number of nitrogens with zero attached hydrogens (tertiary/aromatic N) is 1. The quantitative estimate of drug-likeness (QED) is 0.489. The lowest BCUT2D eigenvalue weighted by molar-refractivity contribution is -0.117. The van der Waals surface area contributed by atoms with Gasteiger partial charge in [-0.3, -0.25) is 9.59 Å². The van der Waals surface area contributed by atoms with Gasteiger partial charge in [0.05, 0.1) is 11.7 Å². The number of carbonyl (C=O) groups excluding carboxylic acids is 2. The van der Waals surface area contributed by atoms with Crippen LogP contribution >= 0.6 is 0 Å². The average Bonchev–Trinajstić information content (AvgIpc) is 3.58. The van der Waals surface area contributed by atoms with Gasteiger partial charge in [0.1, 0.15) is 0 Å². The van der Waals surface area contributed by atoms with Gasteiger partial charge >= 0.3 is 0 Å². The van der Waals surface area contributed by atoms with Crippen LogP contribution in [-0.4, -0.2) is 37.6 Å². The topological polar surface area (TPSA) is 70.7 Å². The largest absolute Gasteiger partial charge is 0.376 e. The molecule has 1 aliphatic carbocycles. The first-order valence-corrected chi connectivity index (χ1v) is 13.4. The summed E-state index contributed by atoms with van der Waals surface area (Å²) in [6.45, 7) is 2.86. The van der Waals surface area contributed by atoms with Gasteiger partial charge in [0.2, 0.25) is 5.91 Å². The van der Waals surface area contributed by atoms with Crippen molar-refractivity contribution in [2.75, 3.05) is 29.9 Å². The third-order valence-electron chi connectivity index (χ3n) is 7.85. The molecule has 2 fully saturated rings. The van der Waals surface area contributed by atoms with Crippen LogP contribution in [0.3, 0.4) is 0 Å². The minimum absolute atomic E-state index is 0.0132. The molecule has 6 rings (SSSR count). The van der Waals surface area contributed by atoms with E-state index in [1.807, 2.05) is 36.4 Å². The molecule has 0 aromatic heterocycles. The van der Waals surface area contributed by atoms with Gasteiger partial charge in [0.25, 0.3) is 5.91 Å². The maximum Gasteiger partial charge on any atom is 0.253 e. The van der Waals surface area contributed by atoms with Crippen LogP contribution in [0.1, 0.15) is 52.2 Å². The number of anilines is 2. The van der Waals surface area contributed by atoms with Gasteiger partial charge < -0.3 is 20.3 Å². The minimum Gasteiger partial charge on any atom is -0.376 e. The van der Waals surface area contributed by atoms with Crippen LogP contribution in [0.5, 0.6) is 0 Å². The molecule has 2 N–H and O–H groups in total. The number of hydrogen-bond donors (Lipinski definition) is 2. The normalized spacial score (nSPS) is 22.3. The SMILES string of the molecule is O=C(NCC1CCCO1)c1cc(NC(=O)C2CC2c2ccccc2)ccc1N1CCc2ccccc2C1. The zero-order valence-electron chi connectivity index (χ0n) is 21.0. The second-order valence-corrected chi connectivity index (χ2v) is 10.4. The van der Waals surface area contributed by atoms with Crippen molar-refractivity contribution in [3.05, 3.63) is 95.1 Å². The van der Waals surface area contributed by atoms with Crippen LogP contribution in [0, 0.1) is 5.92 Å². The van der Waals surface area contributed by atoms with Crippen molar-refractivity contribution in [3.63, 3.8) is 0 Å². The van der Waals surface area contributed by atoms with Gasteiger partial charge in [-0.05, 0) is 66.5 Å². The van der Waals surface area contributed by atoms with Crippen LogP contribution in [0.4, 0.5) is 11.4 Å². The number of amides is 2. The third-order valence-corrected chi connectivity index (χ3v) is 7.85. The highest BCUT2D eigenvalue weighted by Gasteiger charge is 2.43. The summed E-state index contributed by atoms with van der Waals surface area (Å²) in [6, 6.07) is 24.4. The van der Waals surface area contributed by atoms with Crippen molar-refractivity contribution in [2.24, 2.45) is 5.92 Å². The Labute approximate surface area is 218 Å². The summed E-state index contributed by atoms with van der Waals surface area (Å²) in [5.41, 5.74) is 6.00. The highest BCUT2D eigenvalue weighted by Crippen LogP contribution is 2.48.